The van der Waals surface area contributed by atoms with Gasteiger partial charge in [0, 0.05) is 28.2 Å². The van der Waals surface area contributed by atoms with Crippen LogP contribution in [0.2, 0.25) is 0 Å². The molecule has 0 spiro atoms. The van der Waals surface area contributed by atoms with Gasteiger partial charge in [-0.05, 0) is 50.1 Å². The predicted molar refractivity (Wildman–Crippen MR) is 103 cm³/mol. The summed E-state index contributed by atoms with van der Waals surface area (Å²) in [5.41, 5.74) is 4.23. The predicted octanol–water partition coefficient (Wildman–Crippen LogP) is 5.81. The van der Waals surface area contributed by atoms with Gasteiger partial charge in [-0.15, -0.1) is 0 Å². The quantitative estimate of drug-likeness (QED) is 0.624. The number of rotatable bonds is 5. The molecule has 0 radical (unpaired) electrons. The smallest absolute Gasteiger partial charge is 0.123 e. The summed E-state index contributed by atoms with van der Waals surface area (Å²) in [6, 6.07) is 15.1. The zero-order chi connectivity index (χ0) is 18.0. The van der Waals surface area contributed by atoms with E-state index in [1.54, 1.807) is 0 Å². The van der Waals surface area contributed by atoms with Crippen molar-refractivity contribution in [1.82, 2.24) is 4.57 Å². The number of hydrogen-bond donors (Lipinski definition) is 1. The Kier molecular flexibility index (Phi) is 5.05. The van der Waals surface area contributed by atoms with Crippen LogP contribution in [0.4, 0.5) is 4.39 Å². The fraction of sp³-hybridized carbons (Fsp3) is 0.273. The monoisotopic (exact) mass is 337 g/mol. The molecule has 0 fully saturated rings. The molecule has 0 saturated heterocycles. The Hall–Kier alpha value is -2.39. The second-order valence-corrected chi connectivity index (χ2v) is 6.58. The molecule has 3 heteroatoms. The maximum atomic E-state index is 13.4. The maximum Gasteiger partial charge on any atom is 0.123 e. The average Bonchev–Trinajstić information content (AvgIpc) is 2.94. The number of fused-ring (bicyclic) bond motifs is 1. The fourth-order valence-corrected chi connectivity index (χ4v) is 3.26. The molecule has 3 aromatic rings. The van der Waals surface area contributed by atoms with Crippen molar-refractivity contribution in [3.8, 4) is 11.1 Å². The van der Waals surface area contributed by atoms with Crippen LogP contribution in [-0.2, 0) is 0 Å². The molecule has 1 N–H and O–H groups in total. The summed E-state index contributed by atoms with van der Waals surface area (Å²) in [6.45, 7) is 6.25. The first kappa shape index (κ1) is 17.4. The van der Waals surface area contributed by atoms with E-state index in [1.807, 2.05) is 43.3 Å². The third kappa shape index (κ3) is 3.38. The molecule has 1 unspecified atom stereocenters. The van der Waals surface area contributed by atoms with E-state index in [-0.39, 0.29) is 11.9 Å². The number of aliphatic hydroxyl groups excluding tert-OH is 1. The highest BCUT2D eigenvalue weighted by Gasteiger charge is 2.18. The zero-order valence-corrected chi connectivity index (χ0v) is 14.9. The number of nitrogens with zero attached hydrogens (tertiary/aromatic N) is 1. The molecule has 0 saturated carbocycles. The Labute approximate surface area is 148 Å². The van der Waals surface area contributed by atoms with E-state index in [1.165, 1.54) is 12.1 Å². The zero-order valence-electron chi connectivity index (χ0n) is 14.9. The Morgan fingerprint density at radius 1 is 1.08 bits per heavy atom. The van der Waals surface area contributed by atoms with Gasteiger partial charge in [0.1, 0.15) is 5.82 Å². The number of para-hydroxylation sites is 1. The lowest BCUT2D eigenvalue weighted by molar-refractivity contribution is 0.220. The standard InChI is InChI=1S/C22H24FNO/c1-4-18(25)13-14-21-22(16-9-11-17(23)12-10-16)19-7-5-6-8-20(19)24(21)15(2)3/h5-15,18,25H,4H2,1-3H3/b14-13+. The van der Waals surface area contributed by atoms with Crippen LogP contribution in [0.3, 0.4) is 0 Å². The van der Waals surface area contributed by atoms with Gasteiger partial charge >= 0.3 is 0 Å². The lowest BCUT2D eigenvalue weighted by Gasteiger charge is -2.14. The molecule has 0 aliphatic rings. The number of hydrogen-bond acceptors (Lipinski definition) is 1. The van der Waals surface area contributed by atoms with E-state index >= 15 is 0 Å². The summed E-state index contributed by atoms with van der Waals surface area (Å²) < 4.78 is 15.7. The lowest BCUT2D eigenvalue weighted by atomic mass is 10.0. The molecule has 2 aromatic carbocycles. The number of benzene rings is 2. The Morgan fingerprint density at radius 3 is 2.40 bits per heavy atom. The van der Waals surface area contributed by atoms with Gasteiger partial charge in [-0.3, -0.25) is 0 Å². The molecule has 1 aromatic heterocycles. The minimum atomic E-state index is -0.473. The summed E-state index contributed by atoms with van der Waals surface area (Å²) >= 11 is 0. The molecule has 1 atom stereocenters. The third-order valence-electron chi connectivity index (χ3n) is 4.49. The van der Waals surface area contributed by atoms with E-state index in [4.69, 9.17) is 0 Å². The van der Waals surface area contributed by atoms with E-state index < -0.39 is 6.10 Å². The molecular formula is C22H24FNO. The van der Waals surface area contributed by atoms with Crippen molar-refractivity contribution in [1.29, 1.82) is 0 Å². The van der Waals surface area contributed by atoms with E-state index in [9.17, 15) is 9.50 Å². The maximum absolute atomic E-state index is 13.4. The van der Waals surface area contributed by atoms with Crippen molar-refractivity contribution in [2.24, 2.45) is 0 Å². The highest BCUT2D eigenvalue weighted by atomic mass is 19.1. The van der Waals surface area contributed by atoms with Gasteiger partial charge in [0.25, 0.3) is 0 Å². The van der Waals surface area contributed by atoms with E-state index in [0.717, 1.165) is 27.7 Å². The summed E-state index contributed by atoms with van der Waals surface area (Å²) in [6.07, 6.45) is 4.02. The minimum absolute atomic E-state index is 0.241. The van der Waals surface area contributed by atoms with Gasteiger partial charge in [-0.25, -0.2) is 4.39 Å². The summed E-state index contributed by atoms with van der Waals surface area (Å²) in [5.74, 6) is -0.241. The van der Waals surface area contributed by atoms with Gasteiger partial charge in [0.2, 0.25) is 0 Å². The van der Waals surface area contributed by atoms with Crippen molar-refractivity contribution in [2.75, 3.05) is 0 Å². The summed E-state index contributed by atoms with van der Waals surface area (Å²) in [7, 11) is 0. The fourth-order valence-electron chi connectivity index (χ4n) is 3.26. The number of aromatic nitrogens is 1. The largest absolute Gasteiger partial charge is 0.389 e. The van der Waals surface area contributed by atoms with E-state index in [2.05, 4.69) is 30.5 Å². The molecule has 3 rings (SSSR count). The van der Waals surface area contributed by atoms with Gasteiger partial charge in [-0.1, -0.05) is 43.3 Å². The molecular weight excluding hydrogens is 313 g/mol. The van der Waals surface area contributed by atoms with Gasteiger partial charge < -0.3 is 9.67 Å². The molecule has 0 aliphatic heterocycles. The van der Waals surface area contributed by atoms with Crippen LogP contribution in [0.5, 0.6) is 0 Å². The van der Waals surface area contributed by atoms with Crippen LogP contribution < -0.4 is 0 Å². The second kappa shape index (κ2) is 7.24. The normalized spacial score (nSPS) is 13.2. The van der Waals surface area contributed by atoms with Crippen LogP contribution in [-0.4, -0.2) is 15.8 Å². The molecule has 0 bridgehead atoms. The van der Waals surface area contributed by atoms with E-state index in [0.29, 0.717) is 6.42 Å². The first-order chi connectivity index (χ1) is 12.0. The molecule has 2 nitrogen and oxygen atoms in total. The van der Waals surface area contributed by atoms with Crippen LogP contribution >= 0.6 is 0 Å². The van der Waals surface area contributed by atoms with Crippen LogP contribution in [0.1, 0.15) is 38.9 Å². The summed E-state index contributed by atoms with van der Waals surface area (Å²) in [4.78, 5) is 0. The first-order valence-corrected chi connectivity index (χ1v) is 8.78. The van der Waals surface area contributed by atoms with Gasteiger partial charge in [0.05, 0.1) is 6.10 Å². The Bertz CT molecular complexity index is 890. The molecule has 0 aliphatic carbocycles. The minimum Gasteiger partial charge on any atom is -0.389 e. The first-order valence-electron chi connectivity index (χ1n) is 8.78. The van der Waals surface area contributed by atoms with Crippen molar-refractivity contribution in [3.05, 3.63) is 66.1 Å². The van der Waals surface area contributed by atoms with Crippen molar-refractivity contribution in [3.63, 3.8) is 0 Å². The highest BCUT2D eigenvalue weighted by Crippen LogP contribution is 2.37. The average molecular weight is 337 g/mol. The van der Waals surface area contributed by atoms with Crippen molar-refractivity contribution >= 4 is 17.0 Å². The molecule has 25 heavy (non-hydrogen) atoms. The second-order valence-electron chi connectivity index (χ2n) is 6.58. The number of aliphatic hydroxyl groups is 1. The SMILES string of the molecule is CCC(O)/C=C/c1c(-c2ccc(F)cc2)c2ccccc2n1C(C)C. The van der Waals surface area contributed by atoms with Crippen LogP contribution in [0, 0.1) is 5.82 Å². The lowest BCUT2D eigenvalue weighted by Crippen LogP contribution is -2.04. The summed E-state index contributed by atoms with van der Waals surface area (Å²) in [5, 5.41) is 11.1. The number of halogens is 1. The van der Waals surface area contributed by atoms with Crippen molar-refractivity contribution in [2.45, 2.75) is 39.3 Å². The molecule has 1 heterocycles. The van der Waals surface area contributed by atoms with Crippen LogP contribution in [0.15, 0.2) is 54.6 Å². The molecule has 0 amide bonds. The Balaban J connectivity index is 2.32. The topological polar surface area (TPSA) is 25.2 Å². The third-order valence-corrected chi connectivity index (χ3v) is 4.49. The van der Waals surface area contributed by atoms with Gasteiger partial charge in [0.15, 0.2) is 0 Å². The molecule has 130 valence electrons. The Morgan fingerprint density at radius 2 is 1.76 bits per heavy atom. The van der Waals surface area contributed by atoms with Crippen LogP contribution in [0.25, 0.3) is 28.1 Å². The highest BCUT2D eigenvalue weighted by molar-refractivity contribution is 6.01. The van der Waals surface area contributed by atoms with Crippen molar-refractivity contribution < 1.29 is 9.50 Å². The van der Waals surface area contributed by atoms with Gasteiger partial charge in [-0.2, -0.15) is 0 Å².